The van der Waals surface area contributed by atoms with E-state index in [1.165, 1.54) is 48.5 Å². The van der Waals surface area contributed by atoms with Gasteiger partial charge in [-0.15, -0.1) is 0 Å². The van der Waals surface area contributed by atoms with Crippen LogP contribution in [0.25, 0.3) is 16.9 Å². The third-order valence-electron chi connectivity index (χ3n) is 4.47. The SMILES string of the molecule is O=C(NCc1ccc(F)cc1)c1cnn2c(C(F)F)cc(-c3ccc(F)cc3)nc12. The summed E-state index contributed by atoms with van der Waals surface area (Å²) in [6.07, 6.45) is -1.72. The maximum absolute atomic E-state index is 13.6. The third-order valence-corrected chi connectivity index (χ3v) is 4.47. The molecule has 0 aliphatic carbocycles. The number of nitrogens with one attached hydrogen (secondary N) is 1. The van der Waals surface area contributed by atoms with Gasteiger partial charge in [0.1, 0.15) is 22.9 Å². The third kappa shape index (κ3) is 3.86. The Labute approximate surface area is 168 Å². The molecule has 0 spiro atoms. The summed E-state index contributed by atoms with van der Waals surface area (Å²) in [5, 5.41) is 6.52. The second-order valence-corrected chi connectivity index (χ2v) is 6.48. The fourth-order valence-electron chi connectivity index (χ4n) is 2.95. The topological polar surface area (TPSA) is 59.3 Å². The molecule has 0 aliphatic rings. The highest BCUT2D eigenvalue weighted by atomic mass is 19.3. The number of aromatic nitrogens is 3. The van der Waals surface area contributed by atoms with Crippen LogP contribution in [0.1, 0.15) is 28.0 Å². The lowest BCUT2D eigenvalue weighted by atomic mass is 10.1. The largest absolute Gasteiger partial charge is 0.348 e. The van der Waals surface area contributed by atoms with E-state index in [0.29, 0.717) is 11.1 Å². The molecule has 2 aromatic carbocycles. The number of halogens is 4. The summed E-state index contributed by atoms with van der Waals surface area (Å²) in [5.41, 5.74) is 0.739. The summed E-state index contributed by atoms with van der Waals surface area (Å²) < 4.78 is 54.3. The molecule has 0 atom stereocenters. The van der Waals surface area contributed by atoms with Crippen LogP contribution in [0.15, 0.2) is 60.8 Å². The van der Waals surface area contributed by atoms with Gasteiger partial charge in [0, 0.05) is 12.1 Å². The number of hydrogen-bond donors (Lipinski definition) is 1. The Morgan fingerprint density at radius 1 is 1.00 bits per heavy atom. The molecule has 0 unspecified atom stereocenters. The maximum Gasteiger partial charge on any atom is 0.280 e. The van der Waals surface area contributed by atoms with Gasteiger partial charge < -0.3 is 5.32 Å². The van der Waals surface area contributed by atoms with Crippen LogP contribution in [0.5, 0.6) is 0 Å². The lowest BCUT2D eigenvalue weighted by Gasteiger charge is -2.09. The second-order valence-electron chi connectivity index (χ2n) is 6.48. The lowest BCUT2D eigenvalue weighted by Crippen LogP contribution is -2.23. The van der Waals surface area contributed by atoms with Gasteiger partial charge in [-0.1, -0.05) is 12.1 Å². The zero-order chi connectivity index (χ0) is 21.3. The number of benzene rings is 2. The number of alkyl halides is 2. The van der Waals surface area contributed by atoms with Crippen LogP contribution >= 0.6 is 0 Å². The Morgan fingerprint density at radius 2 is 1.63 bits per heavy atom. The molecule has 4 aromatic rings. The number of carbonyl (C=O) groups excluding carboxylic acids is 1. The second kappa shape index (κ2) is 7.94. The van der Waals surface area contributed by atoms with Crippen molar-refractivity contribution in [3.63, 3.8) is 0 Å². The van der Waals surface area contributed by atoms with Gasteiger partial charge in [0.25, 0.3) is 12.3 Å². The lowest BCUT2D eigenvalue weighted by molar-refractivity contribution is 0.0952. The molecule has 4 rings (SSSR count). The average molecular weight is 414 g/mol. The van der Waals surface area contributed by atoms with Gasteiger partial charge in [0.2, 0.25) is 0 Å². The zero-order valence-corrected chi connectivity index (χ0v) is 15.3. The molecule has 9 heteroatoms. The first-order chi connectivity index (χ1) is 14.4. The molecule has 30 heavy (non-hydrogen) atoms. The number of nitrogens with zero attached hydrogens (tertiary/aromatic N) is 3. The quantitative estimate of drug-likeness (QED) is 0.488. The molecule has 2 heterocycles. The molecule has 1 N–H and O–H groups in total. The summed E-state index contributed by atoms with van der Waals surface area (Å²) >= 11 is 0. The molecule has 0 radical (unpaired) electrons. The van der Waals surface area contributed by atoms with E-state index >= 15 is 0 Å². The highest BCUT2D eigenvalue weighted by molar-refractivity contribution is 5.99. The summed E-state index contributed by atoms with van der Waals surface area (Å²) in [5.74, 6) is -1.44. The minimum Gasteiger partial charge on any atom is -0.348 e. The Balaban J connectivity index is 1.70. The molecule has 0 fully saturated rings. The average Bonchev–Trinajstić information content (AvgIpc) is 3.17. The minimum absolute atomic E-state index is 0.00275. The van der Waals surface area contributed by atoms with Crippen molar-refractivity contribution < 1.29 is 22.4 Å². The van der Waals surface area contributed by atoms with Crippen LogP contribution < -0.4 is 5.32 Å². The van der Waals surface area contributed by atoms with Crippen molar-refractivity contribution in [3.05, 3.63) is 89.2 Å². The smallest absolute Gasteiger partial charge is 0.280 e. The summed E-state index contributed by atoms with van der Waals surface area (Å²) in [7, 11) is 0. The molecule has 152 valence electrons. The molecule has 0 saturated carbocycles. The summed E-state index contributed by atoms with van der Waals surface area (Å²) in [6, 6.07) is 11.9. The predicted molar refractivity (Wildman–Crippen MR) is 101 cm³/mol. The molecular weight excluding hydrogens is 400 g/mol. The highest BCUT2D eigenvalue weighted by Crippen LogP contribution is 2.27. The number of carbonyl (C=O) groups is 1. The van der Waals surface area contributed by atoms with Crippen LogP contribution in [-0.4, -0.2) is 20.5 Å². The molecule has 0 saturated heterocycles. The van der Waals surface area contributed by atoms with Gasteiger partial charge in [0.15, 0.2) is 5.65 Å². The summed E-state index contributed by atoms with van der Waals surface area (Å²) in [4.78, 5) is 16.9. The zero-order valence-electron chi connectivity index (χ0n) is 15.3. The molecule has 1 amide bonds. The van der Waals surface area contributed by atoms with E-state index < -0.39 is 29.7 Å². The van der Waals surface area contributed by atoms with Crippen LogP contribution in [0.4, 0.5) is 17.6 Å². The fraction of sp³-hybridized carbons (Fsp3) is 0.0952. The van der Waals surface area contributed by atoms with E-state index in [0.717, 1.165) is 16.8 Å². The maximum atomic E-state index is 13.6. The van der Waals surface area contributed by atoms with Crippen molar-refractivity contribution in [1.82, 2.24) is 19.9 Å². The van der Waals surface area contributed by atoms with E-state index in [9.17, 15) is 22.4 Å². The highest BCUT2D eigenvalue weighted by Gasteiger charge is 2.21. The monoisotopic (exact) mass is 414 g/mol. The van der Waals surface area contributed by atoms with Crippen molar-refractivity contribution >= 4 is 11.6 Å². The van der Waals surface area contributed by atoms with Crippen molar-refractivity contribution in [2.24, 2.45) is 0 Å². The van der Waals surface area contributed by atoms with Gasteiger partial charge >= 0.3 is 0 Å². The standard InChI is InChI=1S/C21H14F4N4O/c22-14-5-1-12(2-6-14)10-26-21(30)16-11-27-29-18(19(24)25)9-17(28-20(16)29)13-3-7-15(23)8-4-13/h1-9,11,19H,10H2,(H,26,30). The number of rotatable bonds is 5. The van der Waals surface area contributed by atoms with E-state index in [-0.39, 0.29) is 23.4 Å². The molecule has 5 nitrogen and oxygen atoms in total. The molecule has 0 aliphatic heterocycles. The Bertz CT molecular complexity index is 1200. The Hall–Kier alpha value is -3.75. The van der Waals surface area contributed by atoms with E-state index in [2.05, 4.69) is 15.4 Å². The first-order valence-electron chi connectivity index (χ1n) is 8.88. The van der Waals surface area contributed by atoms with Crippen LogP contribution in [-0.2, 0) is 6.54 Å². The van der Waals surface area contributed by atoms with E-state index in [4.69, 9.17) is 0 Å². The Morgan fingerprint density at radius 3 is 2.27 bits per heavy atom. The Kier molecular flexibility index (Phi) is 5.18. The van der Waals surface area contributed by atoms with Crippen LogP contribution in [0.2, 0.25) is 0 Å². The van der Waals surface area contributed by atoms with Crippen LogP contribution in [0.3, 0.4) is 0 Å². The molecular formula is C21H14F4N4O. The van der Waals surface area contributed by atoms with Crippen molar-refractivity contribution in [2.75, 3.05) is 0 Å². The van der Waals surface area contributed by atoms with Crippen molar-refractivity contribution in [2.45, 2.75) is 13.0 Å². The van der Waals surface area contributed by atoms with E-state index in [1.807, 2.05) is 0 Å². The first kappa shape index (κ1) is 19.6. The molecule has 0 bridgehead atoms. The number of amides is 1. The van der Waals surface area contributed by atoms with Gasteiger partial charge in [0.05, 0.1) is 11.9 Å². The summed E-state index contributed by atoms with van der Waals surface area (Å²) in [6.45, 7) is 0.107. The van der Waals surface area contributed by atoms with Gasteiger partial charge in [-0.2, -0.15) is 5.10 Å². The predicted octanol–water partition coefficient (Wildman–Crippen LogP) is 4.54. The van der Waals surface area contributed by atoms with Gasteiger partial charge in [-0.05, 0) is 48.0 Å². The van der Waals surface area contributed by atoms with Crippen molar-refractivity contribution in [1.29, 1.82) is 0 Å². The van der Waals surface area contributed by atoms with Crippen molar-refractivity contribution in [3.8, 4) is 11.3 Å². The minimum atomic E-state index is -2.87. The fourth-order valence-corrected chi connectivity index (χ4v) is 2.95. The van der Waals surface area contributed by atoms with Gasteiger partial charge in [-0.3, -0.25) is 4.79 Å². The first-order valence-corrected chi connectivity index (χ1v) is 8.88. The van der Waals surface area contributed by atoms with Gasteiger partial charge in [-0.25, -0.2) is 27.1 Å². The number of fused-ring (bicyclic) bond motifs is 1. The normalized spacial score (nSPS) is 11.2. The molecule has 2 aromatic heterocycles. The van der Waals surface area contributed by atoms with E-state index in [1.54, 1.807) is 0 Å². The van der Waals surface area contributed by atoms with Crippen LogP contribution in [0, 0.1) is 11.6 Å². The number of hydrogen-bond acceptors (Lipinski definition) is 3.